The van der Waals surface area contributed by atoms with E-state index in [0.29, 0.717) is 25.2 Å². The van der Waals surface area contributed by atoms with Crippen LogP contribution in [0.25, 0.3) is 0 Å². The van der Waals surface area contributed by atoms with Gasteiger partial charge in [0.1, 0.15) is 5.82 Å². The molecule has 7 heteroatoms. The van der Waals surface area contributed by atoms with Crippen molar-refractivity contribution in [2.24, 2.45) is 0 Å². The summed E-state index contributed by atoms with van der Waals surface area (Å²) < 4.78 is 28.5. The predicted octanol–water partition coefficient (Wildman–Crippen LogP) is 0.403. The highest BCUT2D eigenvalue weighted by Gasteiger charge is 2.40. The van der Waals surface area contributed by atoms with E-state index in [1.807, 2.05) is 6.92 Å². The number of imidazole rings is 1. The Morgan fingerprint density at radius 2 is 2.22 bits per heavy atom. The largest absolute Gasteiger partial charge is 0.390 e. The van der Waals surface area contributed by atoms with Crippen molar-refractivity contribution in [1.82, 2.24) is 14.3 Å². The summed E-state index contributed by atoms with van der Waals surface area (Å²) in [6.45, 7) is 6.10. The Labute approximate surface area is 107 Å². The Morgan fingerprint density at radius 1 is 1.61 bits per heavy atom. The molecule has 2 N–H and O–H groups in total. The van der Waals surface area contributed by atoms with Crippen molar-refractivity contribution < 1.29 is 13.5 Å². The van der Waals surface area contributed by atoms with Crippen LogP contribution in [0.5, 0.6) is 0 Å². The van der Waals surface area contributed by atoms with Crippen molar-refractivity contribution in [3.05, 3.63) is 12.0 Å². The SMILES string of the molecule is CCn1cc(S(=O)(=O)NC2CC(C)(O)C2)nc1C. The molecular weight excluding hydrogens is 254 g/mol. The van der Waals surface area contributed by atoms with Crippen LogP contribution in [0.3, 0.4) is 0 Å². The molecule has 6 nitrogen and oxygen atoms in total. The highest BCUT2D eigenvalue weighted by Crippen LogP contribution is 2.32. The minimum absolute atomic E-state index is 0.0494. The zero-order valence-corrected chi connectivity index (χ0v) is 11.7. The molecule has 102 valence electrons. The van der Waals surface area contributed by atoms with Gasteiger partial charge in [-0.25, -0.2) is 18.1 Å². The Bertz CT molecular complexity index is 540. The highest BCUT2D eigenvalue weighted by atomic mass is 32.2. The maximum absolute atomic E-state index is 12.1. The van der Waals surface area contributed by atoms with E-state index in [0.717, 1.165) is 0 Å². The van der Waals surface area contributed by atoms with Gasteiger partial charge >= 0.3 is 0 Å². The molecule has 2 rings (SSSR count). The number of aliphatic hydroxyl groups is 1. The van der Waals surface area contributed by atoms with Crippen molar-refractivity contribution in [3.63, 3.8) is 0 Å². The summed E-state index contributed by atoms with van der Waals surface area (Å²) in [4.78, 5) is 4.05. The van der Waals surface area contributed by atoms with Crippen molar-refractivity contribution in [2.75, 3.05) is 0 Å². The van der Waals surface area contributed by atoms with Gasteiger partial charge in [0.25, 0.3) is 10.0 Å². The first-order chi connectivity index (χ1) is 8.23. The molecule has 0 aliphatic heterocycles. The van der Waals surface area contributed by atoms with Gasteiger partial charge in [-0.15, -0.1) is 0 Å². The fourth-order valence-electron chi connectivity index (χ4n) is 2.29. The van der Waals surface area contributed by atoms with E-state index in [1.54, 1.807) is 18.4 Å². The molecule has 1 aromatic heterocycles. The molecule has 1 aromatic rings. The molecule has 1 heterocycles. The monoisotopic (exact) mass is 273 g/mol. The highest BCUT2D eigenvalue weighted by molar-refractivity contribution is 7.89. The van der Waals surface area contributed by atoms with Crippen LogP contribution in [-0.2, 0) is 16.6 Å². The molecule has 1 saturated carbocycles. The third-order valence-electron chi connectivity index (χ3n) is 3.26. The van der Waals surface area contributed by atoms with E-state index in [1.165, 1.54) is 6.20 Å². The Kier molecular flexibility index (Phi) is 3.25. The standard InChI is InChI=1S/C11H19N3O3S/c1-4-14-7-10(12-8(14)2)18(16,17)13-9-5-11(3,15)6-9/h7,9,13,15H,4-6H2,1-3H3. The number of aromatic nitrogens is 2. The molecule has 0 bridgehead atoms. The lowest BCUT2D eigenvalue weighted by molar-refractivity contribution is -0.0329. The van der Waals surface area contributed by atoms with Crippen molar-refractivity contribution in [1.29, 1.82) is 0 Å². The summed E-state index contributed by atoms with van der Waals surface area (Å²) >= 11 is 0. The fourth-order valence-corrected chi connectivity index (χ4v) is 3.54. The lowest BCUT2D eigenvalue weighted by atomic mass is 9.78. The predicted molar refractivity (Wildman–Crippen MR) is 66.6 cm³/mol. The Balaban J connectivity index is 2.11. The molecule has 0 aromatic carbocycles. The minimum atomic E-state index is -3.58. The van der Waals surface area contributed by atoms with Crippen LogP contribution in [0, 0.1) is 6.92 Å². The zero-order valence-electron chi connectivity index (χ0n) is 10.8. The van der Waals surface area contributed by atoms with E-state index in [9.17, 15) is 13.5 Å². The molecule has 1 aliphatic carbocycles. The maximum Gasteiger partial charge on any atom is 0.259 e. The second kappa shape index (κ2) is 4.32. The molecule has 1 aliphatic rings. The van der Waals surface area contributed by atoms with Gasteiger partial charge in [-0.05, 0) is 33.6 Å². The fraction of sp³-hybridized carbons (Fsp3) is 0.727. The van der Waals surface area contributed by atoms with E-state index in [4.69, 9.17) is 0 Å². The molecule has 0 radical (unpaired) electrons. The summed E-state index contributed by atoms with van der Waals surface area (Å²) in [5.41, 5.74) is -0.744. The minimum Gasteiger partial charge on any atom is -0.390 e. The van der Waals surface area contributed by atoms with Crippen LogP contribution >= 0.6 is 0 Å². The summed E-state index contributed by atoms with van der Waals surface area (Å²) in [5, 5.41) is 9.63. The van der Waals surface area contributed by atoms with Gasteiger partial charge in [0.15, 0.2) is 5.03 Å². The number of hydrogen-bond donors (Lipinski definition) is 2. The molecule has 0 spiro atoms. The first kappa shape index (κ1) is 13.5. The van der Waals surface area contributed by atoms with Crippen molar-refractivity contribution in [2.45, 2.75) is 56.8 Å². The molecule has 0 atom stereocenters. The van der Waals surface area contributed by atoms with Crippen LogP contribution < -0.4 is 4.72 Å². The second-order valence-electron chi connectivity index (χ2n) is 5.14. The number of nitrogens with one attached hydrogen (secondary N) is 1. The van der Waals surface area contributed by atoms with Gasteiger partial charge in [-0.3, -0.25) is 0 Å². The smallest absolute Gasteiger partial charge is 0.259 e. The number of rotatable bonds is 4. The number of aryl methyl sites for hydroxylation is 2. The van der Waals surface area contributed by atoms with Crippen LogP contribution in [0.4, 0.5) is 0 Å². The first-order valence-electron chi connectivity index (χ1n) is 6.02. The zero-order chi connectivity index (χ0) is 13.6. The molecule has 18 heavy (non-hydrogen) atoms. The van der Waals surface area contributed by atoms with Crippen LogP contribution in [0.15, 0.2) is 11.2 Å². The average Bonchev–Trinajstić information content (AvgIpc) is 2.57. The molecular formula is C11H19N3O3S. The first-order valence-corrected chi connectivity index (χ1v) is 7.50. The topological polar surface area (TPSA) is 84.2 Å². The summed E-state index contributed by atoms with van der Waals surface area (Å²) in [6.07, 6.45) is 2.42. The van der Waals surface area contributed by atoms with Crippen LogP contribution in [0.1, 0.15) is 32.5 Å². The van der Waals surface area contributed by atoms with E-state index < -0.39 is 15.6 Å². The van der Waals surface area contributed by atoms with E-state index in [-0.39, 0.29) is 11.1 Å². The van der Waals surface area contributed by atoms with Gasteiger partial charge < -0.3 is 9.67 Å². The van der Waals surface area contributed by atoms with Gasteiger partial charge in [-0.2, -0.15) is 0 Å². The number of nitrogens with zero attached hydrogens (tertiary/aromatic N) is 2. The summed E-state index contributed by atoms with van der Waals surface area (Å²) in [5.74, 6) is 0.679. The van der Waals surface area contributed by atoms with E-state index >= 15 is 0 Å². The molecule has 0 amide bonds. The van der Waals surface area contributed by atoms with Crippen LogP contribution in [0.2, 0.25) is 0 Å². The lowest BCUT2D eigenvalue weighted by Crippen LogP contribution is -2.53. The third-order valence-corrected chi connectivity index (χ3v) is 4.66. The maximum atomic E-state index is 12.1. The van der Waals surface area contributed by atoms with Crippen LogP contribution in [-0.4, -0.2) is 34.7 Å². The van der Waals surface area contributed by atoms with Gasteiger partial charge in [0, 0.05) is 18.8 Å². The number of hydrogen-bond acceptors (Lipinski definition) is 4. The second-order valence-corrected chi connectivity index (χ2v) is 6.80. The van der Waals surface area contributed by atoms with Crippen molar-refractivity contribution in [3.8, 4) is 0 Å². The molecule has 1 fully saturated rings. The number of sulfonamides is 1. The van der Waals surface area contributed by atoms with Gasteiger partial charge in [0.2, 0.25) is 0 Å². The van der Waals surface area contributed by atoms with E-state index in [2.05, 4.69) is 9.71 Å². The third kappa shape index (κ3) is 2.57. The van der Waals surface area contributed by atoms with Gasteiger partial charge in [-0.1, -0.05) is 0 Å². The van der Waals surface area contributed by atoms with Gasteiger partial charge in [0.05, 0.1) is 5.60 Å². The lowest BCUT2D eigenvalue weighted by Gasteiger charge is -2.40. The average molecular weight is 273 g/mol. The molecule has 0 unspecified atom stereocenters. The normalized spacial score (nSPS) is 28.1. The molecule has 0 saturated heterocycles. The summed E-state index contributed by atoms with van der Waals surface area (Å²) in [7, 11) is -3.58. The van der Waals surface area contributed by atoms with Crippen molar-refractivity contribution >= 4 is 10.0 Å². The Hall–Kier alpha value is -0.920. The summed E-state index contributed by atoms with van der Waals surface area (Å²) in [6, 6.07) is -0.197. The Morgan fingerprint density at radius 3 is 2.67 bits per heavy atom. The quantitative estimate of drug-likeness (QED) is 0.832.